The van der Waals surface area contributed by atoms with Crippen molar-refractivity contribution >= 4 is 11.9 Å². The molecule has 0 spiro atoms. The van der Waals surface area contributed by atoms with E-state index in [0.717, 1.165) is 32.2 Å². The summed E-state index contributed by atoms with van der Waals surface area (Å²) in [4.78, 5) is 10.5. The van der Waals surface area contributed by atoms with Crippen LogP contribution in [0.15, 0.2) is 16.5 Å². The van der Waals surface area contributed by atoms with Gasteiger partial charge in [0.15, 0.2) is 5.88 Å². The number of carboxylic acid groups (broad SMARTS) is 1. The number of rotatable bonds is 8. The molecule has 0 amide bonds. The van der Waals surface area contributed by atoms with Crippen LogP contribution in [-0.4, -0.2) is 29.3 Å². The highest BCUT2D eigenvalue weighted by Crippen LogP contribution is 2.13. The number of hydrogen-bond acceptors (Lipinski definition) is 4. The first kappa shape index (κ1) is 12.6. The van der Waals surface area contributed by atoms with Crippen LogP contribution in [0, 0.1) is 0 Å². The number of carbonyl (C=O) groups is 1. The Morgan fingerprint density at radius 2 is 2.00 bits per heavy atom. The minimum Gasteiger partial charge on any atom is -0.475 e. The highest BCUT2D eigenvalue weighted by Gasteiger charge is 2.07. The maximum absolute atomic E-state index is 10.5. The molecule has 0 aliphatic heterocycles. The lowest BCUT2D eigenvalue weighted by Crippen LogP contribution is -2.00. The Morgan fingerprint density at radius 1 is 1.25 bits per heavy atom. The molecular formula is C11H17NO4. The highest BCUT2D eigenvalue weighted by atomic mass is 16.4. The quantitative estimate of drug-likeness (QED) is 0.591. The SMILES string of the molecule is O=C(O)c1ccc(NCCCCCCO)o1. The number of anilines is 1. The Balaban J connectivity index is 2.14. The van der Waals surface area contributed by atoms with Gasteiger partial charge in [0, 0.05) is 19.2 Å². The third kappa shape index (κ3) is 4.35. The molecule has 0 aromatic carbocycles. The van der Waals surface area contributed by atoms with Crippen LogP contribution in [0.5, 0.6) is 0 Å². The van der Waals surface area contributed by atoms with Crippen LogP contribution in [-0.2, 0) is 0 Å². The van der Waals surface area contributed by atoms with E-state index in [-0.39, 0.29) is 12.4 Å². The summed E-state index contributed by atoms with van der Waals surface area (Å²) in [6.45, 7) is 0.992. The van der Waals surface area contributed by atoms with Crippen LogP contribution >= 0.6 is 0 Å². The molecule has 90 valence electrons. The minimum atomic E-state index is -1.06. The van der Waals surface area contributed by atoms with E-state index in [0.29, 0.717) is 5.88 Å². The van der Waals surface area contributed by atoms with Gasteiger partial charge in [-0.2, -0.15) is 0 Å². The fraction of sp³-hybridized carbons (Fsp3) is 0.545. The number of nitrogens with one attached hydrogen (secondary N) is 1. The van der Waals surface area contributed by atoms with E-state index in [1.807, 2.05) is 0 Å². The van der Waals surface area contributed by atoms with Crippen LogP contribution in [0.4, 0.5) is 5.88 Å². The number of carboxylic acids is 1. The summed E-state index contributed by atoms with van der Waals surface area (Å²) in [6.07, 6.45) is 3.86. The van der Waals surface area contributed by atoms with E-state index in [4.69, 9.17) is 14.6 Å². The average Bonchev–Trinajstić information content (AvgIpc) is 2.72. The summed E-state index contributed by atoms with van der Waals surface area (Å²) in [5, 5.41) is 20.2. The highest BCUT2D eigenvalue weighted by molar-refractivity contribution is 5.84. The molecule has 1 heterocycles. The lowest BCUT2D eigenvalue weighted by Gasteiger charge is -2.02. The van der Waals surface area contributed by atoms with Gasteiger partial charge in [0.25, 0.3) is 0 Å². The molecule has 0 aliphatic carbocycles. The van der Waals surface area contributed by atoms with Gasteiger partial charge in [-0.15, -0.1) is 0 Å². The fourth-order valence-corrected chi connectivity index (χ4v) is 1.35. The maximum atomic E-state index is 10.5. The van der Waals surface area contributed by atoms with E-state index in [1.165, 1.54) is 6.07 Å². The summed E-state index contributed by atoms with van der Waals surface area (Å²) < 4.78 is 5.02. The van der Waals surface area contributed by atoms with Gasteiger partial charge >= 0.3 is 5.97 Å². The summed E-state index contributed by atoms with van der Waals surface area (Å²) in [5.74, 6) is -0.627. The molecule has 16 heavy (non-hydrogen) atoms. The smallest absolute Gasteiger partial charge is 0.371 e. The third-order valence-electron chi connectivity index (χ3n) is 2.20. The molecule has 3 N–H and O–H groups in total. The summed E-state index contributed by atoms with van der Waals surface area (Å²) in [7, 11) is 0. The molecule has 0 fully saturated rings. The molecule has 1 aromatic rings. The standard InChI is InChI=1S/C11H17NO4/c13-8-4-2-1-3-7-12-10-6-5-9(16-10)11(14)15/h5-6,12-13H,1-4,7-8H2,(H,14,15). The van der Waals surface area contributed by atoms with Crippen molar-refractivity contribution in [2.45, 2.75) is 25.7 Å². The monoisotopic (exact) mass is 227 g/mol. The number of furan rings is 1. The predicted molar refractivity (Wildman–Crippen MR) is 59.7 cm³/mol. The van der Waals surface area contributed by atoms with E-state index in [1.54, 1.807) is 6.07 Å². The van der Waals surface area contributed by atoms with Gasteiger partial charge in [0.05, 0.1) is 0 Å². The molecule has 0 saturated heterocycles. The molecule has 0 radical (unpaired) electrons. The van der Waals surface area contributed by atoms with E-state index < -0.39 is 5.97 Å². The normalized spacial score (nSPS) is 10.3. The van der Waals surface area contributed by atoms with Crippen LogP contribution < -0.4 is 5.32 Å². The molecule has 1 aromatic heterocycles. The van der Waals surface area contributed by atoms with Crippen molar-refractivity contribution in [3.8, 4) is 0 Å². The van der Waals surface area contributed by atoms with Gasteiger partial charge in [-0.25, -0.2) is 4.79 Å². The van der Waals surface area contributed by atoms with E-state index in [9.17, 15) is 4.79 Å². The lowest BCUT2D eigenvalue weighted by atomic mass is 10.2. The molecule has 0 bridgehead atoms. The van der Waals surface area contributed by atoms with E-state index in [2.05, 4.69) is 5.32 Å². The molecule has 0 atom stereocenters. The van der Waals surface area contributed by atoms with Gasteiger partial charge < -0.3 is 19.9 Å². The molecule has 0 saturated carbocycles. The first-order valence-corrected chi connectivity index (χ1v) is 5.42. The predicted octanol–water partition coefficient (Wildman–Crippen LogP) is 1.94. The van der Waals surface area contributed by atoms with Crippen molar-refractivity contribution in [2.24, 2.45) is 0 Å². The van der Waals surface area contributed by atoms with Gasteiger partial charge in [0.2, 0.25) is 5.76 Å². The first-order valence-electron chi connectivity index (χ1n) is 5.42. The number of aromatic carboxylic acids is 1. The zero-order chi connectivity index (χ0) is 11.8. The largest absolute Gasteiger partial charge is 0.475 e. The van der Waals surface area contributed by atoms with Crippen LogP contribution in [0.3, 0.4) is 0 Å². The Labute approximate surface area is 94.1 Å². The lowest BCUT2D eigenvalue weighted by molar-refractivity contribution is 0.0663. The molecule has 0 unspecified atom stereocenters. The number of aliphatic hydroxyl groups is 1. The van der Waals surface area contributed by atoms with Crippen LogP contribution in [0.1, 0.15) is 36.2 Å². The average molecular weight is 227 g/mol. The summed E-state index contributed by atoms with van der Waals surface area (Å²) in [6, 6.07) is 3.04. The maximum Gasteiger partial charge on any atom is 0.371 e. The van der Waals surface area contributed by atoms with Crippen molar-refractivity contribution in [1.82, 2.24) is 0 Å². The second-order valence-electron chi connectivity index (χ2n) is 3.53. The van der Waals surface area contributed by atoms with Crippen molar-refractivity contribution < 1.29 is 19.4 Å². The number of unbranched alkanes of at least 4 members (excludes halogenated alkanes) is 3. The molecule has 1 rings (SSSR count). The third-order valence-corrected chi connectivity index (χ3v) is 2.20. The Hall–Kier alpha value is -1.49. The second-order valence-corrected chi connectivity index (χ2v) is 3.53. The number of hydrogen-bond donors (Lipinski definition) is 3. The Bertz CT molecular complexity index is 322. The van der Waals surface area contributed by atoms with Crippen molar-refractivity contribution in [3.63, 3.8) is 0 Å². The van der Waals surface area contributed by atoms with E-state index >= 15 is 0 Å². The Morgan fingerprint density at radius 3 is 2.62 bits per heavy atom. The summed E-state index contributed by atoms with van der Waals surface area (Å²) in [5.41, 5.74) is 0. The zero-order valence-electron chi connectivity index (χ0n) is 9.11. The summed E-state index contributed by atoms with van der Waals surface area (Å²) >= 11 is 0. The fourth-order valence-electron chi connectivity index (χ4n) is 1.35. The Kier molecular flexibility index (Phi) is 5.42. The molecular weight excluding hydrogens is 210 g/mol. The van der Waals surface area contributed by atoms with Crippen molar-refractivity contribution in [1.29, 1.82) is 0 Å². The topological polar surface area (TPSA) is 82.7 Å². The molecule has 0 aliphatic rings. The van der Waals surface area contributed by atoms with Crippen LogP contribution in [0.2, 0.25) is 0 Å². The van der Waals surface area contributed by atoms with Crippen molar-refractivity contribution in [2.75, 3.05) is 18.5 Å². The second kappa shape index (κ2) is 6.90. The van der Waals surface area contributed by atoms with Gasteiger partial charge in [0.1, 0.15) is 0 Å². The molecule has 5 heteroatoms. The van der Waals surface area contributed by atoms with Crippen LogP contribution in [0.25, 0.3) is 0 Å². The minimum absolute atomic E-state index is 0.0530. The van der Waals surface area contributed by atoms with Gasteiger partial charge in [-0.3, -0.25) is 0 Å². The number of aliphatic hydroxyl groups excluding tert-OH is 1. The first-order chi connectivity index (χ1) is 7.74. The zero-order valence-corrected chi connectivity index (χ0v) is 9.11. The van der Waals surface area contributed by atoms with Crippen molar-refractivity contribution in [3.05, 3.63) is 17.9 Å². The van der Waals surface area contributed by atoms with Gasteiger partial charge in [-0.1, -0.05) is 12.8 Å². The van der Waals surface area contributed by atoms with Gasteiger partial charge in [-0.05, 0) is 18.9 Å². The molecule has 5 nitrogen and oxygen atoms in total.